The lowest BCUT2D eigenvalue weighted by molar-refractivity contribution is -0.000335. The first-order valence-corrected chi connectivity index (χ1v) is 9.40. The Bertz CT molecular complexity index is 631. The van der Waals surface area contributed by atoms with Crippen LogP contribution in [0.25, 0.3) is 0 Å². The standard InChI is InChI=1S/C22H29NO2/c23-16-21(22(24)14-6-1-2-7-15-22)19-10-12-20(13-11-19)25-17-18-8-4-3-5-9-18/h3-5,8-13,21,24H,1-2,6-7,14-17,23H2. The van der Waals surface area contributed by atoms with Gasteiger partial charge in [-0.05, 0) is 36.1 Å². The molecule has 1 aliphatic carbocycles. The van der Waals surface area contributed by atoms with Gasteiger partial charge in [0.15, 0.2) is 0 Å². The minimum atomic E-state index is -0.669. The van der Waals surface area contributed by atoms with E-state index in [2.05, 4.69) is 24.3 Å². The summed E-state index contributed by atoms with van der Waals surface area (Å²) in [5.74, 6) is 0.838. The molecule has 1 atom stereocenters. The number of hydrogen-bond acceptors (Lipinski definition) is 3. The smallest absolute Gasteiger partial charge is 0.119 e. The Morgan fingerprint density at radius 3 is 2.16 bits per heavy atom. The van der Waals surface area contributed by atoms with Gasteiger partial charge in [-0.2, -0.15) is 0 Å². The van der Waals surface area contributed by atoms with E-state index in [1.54, 1.807) is 0 Å². The third-order valence-electron chi connectivity index (χ3n) is 5.38. The molecule has 0 aliphatic heterocycles. The highest BCUT2D eigenvalue weighted by atomic mass is 16.5. The van der Waals surface area contributed by atoms with Crippen molar-refractivity contribution in [3.8, 4) is 5.75 Å². The van der Waals surface area contributed by atoms with E-state index in [1.165, 1.54) is 12.8 Å². The van der Waals surface area contributed by atoms with Gasteiger partial charge in [-0.15, -0.1) is 0 Å². The quantitative estimate of drug-likeness (QED) is 0.767. The highest BCUT2D eigenvalue weighted by molar-refractivity contribution is 5.32. The number of benzene rings is 2. The van der Waals surface area contributed by atoms with Gasteiger partial charge >= 0.3 is 0 Å². The minimum Gasteiger partial charge on any atom is -0.489 e. The van der Waals surface area contributed by atoms with Crippen LogP contribution in [0, 0.1) is 0 Å². The van der Waals surface area contributed by atoms with E-state index in [9.17, 15) is 5.11 Å². The van der Waals surface area contributed by atoms with Crippen LogP contribution in [0.3, 0.4) is 0 Å². The lowest BCUT2D eigenvalue weighted by Crippen LogP contribution is -2.39. The molecule has 2 aromatic carbocycles. The zero-order valence-electron chi connectivity index (χ0n) is 14.9. The van der Waals surface area contributed by atoms with Gasteiger partial charge in [-0.25, -0.2) is 0 Å². The molecule has 0 radical (unpaired) electrons. The Morgan fingerprint density at radius 2 is 1.56 bits per heavy atom. The van der Waals surface area contributed by atoms with Crippen LogP contribution in [0.2, 0.25) is 0 Å². The summed E-state index contributed by atoms with van der Waals surface area (Å²) in [4.78, 5) is 0. The number of nitrogens with two attached hydrogens (primary N) is 1. The second kappa shape index (κ2) is 8.50. The summed E-state index contributed by atoms with van der Waals surface area (Å²) in [6.07, 6.45) is 6.30. The highest BCUT2D eigenvalue weighted by Crippen LogP contribution is 2.38. The maximum atomic E-state index is 11.2. The number of aliphatic hydroxyl groups is 1. The molecule has 0 spiro atoms. The van der Waals surface area contributed by atoms with E-state index >= 15 is 0 Å². The monoisotopic (exact) mass is 339 g/mol. The van der Waals surface area contributed by atoms with Crippen molar-refractivity contribution in [2.75, 3.05) is 6.54 Å². The molecule has 25 heavy (non-hydrogen) atoms. The SMILES string of the molecule is NCC(c1ccc(OCc2ccccc2)cc1)C1(O)CCCCCC1. The summed E-state index contributed by atoms with van der Waals surface area (Å²) in [6.45, 7) is 1.03. The molecule has 2 aromatic rings. The minimum absolute atomic E-state index is 0.00577. The molecule has 3 nitrogen and oxygen atoms in total. The summed E-state index contributed by atoms with van der Waals surface area (Å²) in [6, 6.07) is 18.2. The predicted molar refractivity (Wildman–Crippen MR) is 102 cm³/mol. The molecule has 0 amide bonds. The van der Waals surface area contributed by atoms with Crippen molar-refractivity contribution in [3.63, 3.8) is 0 Å². The molecular formula is C22H29NO2. The van der Waals surface area contributed by atoms with E-state index in [-0.39, 0.29) is 5.92 Å². The summed E-state index contributed by atoms with van der Waals surface area (Å²) in [5.41, 5.74) is 7.65. The fraction of sp³-hybridized carbons (Fsp3) is 0.455. The van der Waals surface area contributed by atoms with Crippen molar-refractivity contribution in [3.05, 3.63) is 65.7 Å². The summed E-state index contributed by atoms with van der Waals surface area (Å²) in [7, 11) is 0. The Labute approximate surface area is 150 Å². The van der Waals surface area contributed by atoms with Crippen molar-refractivity contribution in [2.45, 2.75) is 56.7 Å². The zero-order valence-corrected chi connectivity index (χ0v) is 14.9. The zero-order chi connectivity index (χ0) is 17.5. The predicted octanol–water partition coefficient (Wildman–Crippen LogP) is 4.39. The number of ether oxygens (including phenoxy) is 1. The van der Waals surface area contributed by atoms with Crippen LogP contribution in [0.4, 0.5) is 0 Å². The summed E-state index contributed by atoms with van der Waals surface area (Å²) < 4.78 is 5.86. The molecule has 1 saturated carbocycles. The van der Waals surface area contributed by atoms with E-state index in [0.29, 0.717) is 13.2 Å². The van der Waals surface area contributed by atoms with Crippen molar-refractivity contribution in [1.82, 2.24) is 0 Å². The molecule has 1 unspecified atom stereocenters. The van der Waals surface area contributed by atoms with Gasteiger partial charge in [-0.3, -0.25) is 0 Å². The molecule has 0 heterocycles. The van der Waals surface area contributed by atoms with Crippen molar-refractivity contribution >= 4 is 0 Å². The highest BCUT2D eigenvalue weighted by Gasteiger charge is 2.36. The Kier molecular flexibility index (Phi) is 6.11. The van der Waals surface area contributed by atoms with Crippen molar-refractivity contribution in [2.24, 2.45) is 5.73 Å². The lowest BCUT2D eigenvalue weighted by atomic mass is 9.77. The molecular weight excluding hydrogens is 310 g/mol. The Morgan fingerprint density at radius 1 is 0.920 bits per heavy atom. The summed E-state index contributed by atoms with van der Waals surface area (Å²) >= 11 is 0. The van der Waals surface area contributed by atoms with Gasteiger partial charge in [0.05, 0.1) is 5.60 Å². The molecule has 0 bridgehead atoms. The van der Waals surface area contributed by atoms with Gasteiger partial charge in [0.1, 0.15) is 12.4 Å². The van der Waals surface area contributed by atoms with Crippen LogP contribution in [-0.4, -0.2) is 17.3 Å². The molecule has 3 N–H and O–H groups in total. The maximum Gasteiger partial charge on any atom is 0.119 e. The van der Waals surface area contributed by atoms with Gasteiger partial charge in [0.2, 0.25) is 0 Å². The number of rotatable bonds is 6. The van der Waals surface area contributed by atoms with Crippen LogP contribution in [0.5, 0.6) is 5.75 Å². The van der Waals surface area contributed by atoms with Gasteiger partial charge < -0.3 is 15.6 Å². The second-order valence-electron chi connectivity index (χ2n) is 7.15. The average molecular weight is 339 g/mol. The van der Waals surface area contributed by atoms with E-state index < -0.39 is 5.60 Å². The second-order valence-corrected chi connectivity index (χ2v) is 7.15. The Balaban J connectivity index is 1.67. The lowest BCUT2D eigenvalue weighted by Gasteiger charge is -2.35. The van der Waals surface area contributed by atoms with Crippen LogP contribution in [-0.2, 0) is 6.61 Å². The first-order chi connectivity index (χ1) is 12.2. The number of hydrogen-bond donors (Lipinski definition) is 2. The van der Waals surface area contributed by atoms with Crippen LogP contribution in [0.1, 0.15) is 55.6 Å². The first-order valence-electron chi connectivity index (χ1n) is 9.40. The van der Waals surface area contributed by atoms with Crippen LogP contribution in [0.15, 0.2) is 54.6 Å². The van der Waals surface area contributed by atoms with E-state index in [1.807, 2.05) is 30.3 Å². The molecule has 134 valence electrons. The molecule has 1 fully saturated rings. The van der Waals surface area contributed by atoms with Crippen LogP contribution >= 0.6 is 0 Å². The third-order valence-corrected chi connectivity index (χ3v) is 5.38. The molecule has 0 aromatic heterocycles. The fourth-order valence-corrected chi connectivity index (χ4v) is 3.89. The van der Waals surface area contributed by atoms with Gasteiger partial charge in [0, 0.05) is 12.5 Å². The van der Waals surface area contributed by atoms with Crippen LogP contribution < -0.4 is 10.5 Å². The fourth-order valence-electron chi connectivity index (χ4n) is 3.89. The van der Waals surface area contributed by atoms with Gasteiger partial charge in [-0.1, -0.05) is 68.1 Å². The van der Waals surface area contributed by atoms with E-state index in [4.69, 9.17) is 10.5 Å². The summed E-state index contributed by atoms with van der Waals surface area (Å²) in [5, 5.41) is 11.2. The third kappa shape index (κ3) is 4.62. The van der Waals surface area contributed by atoms with Crippen molar-refractivity contribution in [1.29, 1.82) is 0 Å². The first kappa shape index (κ1) is 18.0. The topological polar surface area (TPSA) is 55.5 Å². The molecule has 3 heteroatoms. The largest absolute Gasteiger partial charge is 0.489 e. The van der Waals surface area contributed by atoms with E-state index in [0.717, 1.165) is 42.6 Å². The average Bonchev–Trinajstić information content (AvgIpc) is 2.88. The molecule has 3 rings (SSSR count). The Hall–Kier alpha value is -1.84. The van der Waals surface area contributed by atoms with Crippen molar-refractivity contribution < 1.29 is 9.84 Å². The normalized spacial score (nSPS) is 18.3. The molecule has 0 saturated heterocycles. The molecule has 1 aliphatic rings. The van der Waals surface area contributed by atoms with Gasteiger partial charge in [0.25, 0.3) is 0 Å². The maximum absolute atomic E-state index is 11.2.